The van der Waals surface area contributed by atoms with Crippen LogP contribution in [-0.4, -0.2) is 7.28 Å². The van der Waals surface area contributed by atoms with Gasteiger partial charge in [-0.05, 0) is 12.1 Å². The fourth-order valence-corrected chi connectivity index (χ4v) is 0.815. The Hall–Kier alpha value is -1.23. The van der Waals surface area contributed by atoms with Crippen molar-refractivity contribution in [3.05, 3.63) is 29.8 Å². The lowest BCUT2D eigenvalue weighted by Crippen LogP contribution is -2.08. The smallest absolute Gasteiger partial charge is 0.154 e. The number of benzene rings is 1. The summed E-state index contributed by atoms with van der Waals surface area (Å²) in [6, 6.07) is 9.74. The van der Waals surface area contributed by atoms with Gasteiger partial charge in [-0.2, -0.15) is 5.26 Å². The molecule has 2 heteroatoms. The Morgan fingerprint density at radius 3 is 2.30 bits per heavy atom. The summed E-state index contributed by atoms with van der Waals surface area (Å²) in [5, 5.41) is 8.45. The van der Waals surface area contributed by atoms with Crippen molar-refractivity contribution in [1.82, 2.24) is 0 Å². The second-order valence-electron chi connectivity index (χ2n) is 2.16. The molecule has 0 atom stereocenters. The molecule has 0 spiro atoms. The van der Waals surface area contributed by atoms with Crippen LogP contribution in [0.25, 0.3) is 0 Å². The summed E-state index contributed by atoms with van der Waals surface area (Å²) >= 11 is 0. The van der Waals surface area contributed by atoms with Crippen LogP contribution >= 0.6 is 0 Å². The molecule has 1 rings (SSSR count). The minimum absolute atomic E-state index is 0.734. The van der Waals surface area contributed by atoms with E-state index >= 15 is 0 Å². The Labute approximate surface area is 61.5 Å². The number of rotatable bonds is 1. The molecule has 1 aromatic carbocycles. The highest BCUT2D eigenvalue weighted by Crippen LogP contribution is 1.92. The third kappa shape index (κ3) is 1.38. The maximum atomic E-state index is 8.45. The monoisotopic (exact) mass is 129 g/mol. The van der Waals surface area contributed by atoms with E-state index in [1.807, 2.05) is 24.3 Å². The third-order valence-corrected chi connectivity index (χ3v) is 1.49. The van der Waals surface area contributed by atoms with Gasteiger partial charge in [0.2, 0.25) is 0 Å². The van der Waals surface area contributed by atoms with Gasteiger partial charge in [0.05, 0.1) is 11.6 Å². The molecule has 0 unspecified atom stereocenters. The fourth-order valence-electron chi connectivity index (χ4n) is 0.815. The highest BCUT2D eigenvalue weighted by Gasteiger charge is 1.89. The normalized spacial score (nSPS) is 8.40. The van der Waals surface area contributed by atoms with Crippen LogP contribution in [0.2, 0.25) is 6.82 Å². The fraction of sp³-hybridized carbons (Fsp3) is 0.125. The molecule has 0 bridgehead atoms. The second-order valence-corrected chi connectivity index (χ2v) is 2.16. The number of hydrogen-bond donors (Lipinski definition) is 0. The van der Waals surface area contributed by atoms with Gasteiger partial charge in [-0.1, -0.05) is 24.4 Å². The van der Waals surface area contributed by atoms with Crippen molar-refractivity contribution >= 4 is 12.7 Å². The minimum Gasteiger partial charge on any atom is -0.192 e. The van der Waals surface area contributed by atoms with Crippen LogP contribution < -0.4 is 5.46 Å². The van der Waals surface area contributed by atoms with E-state index in [0.29, 0.717) is 0 Å². The molecule has 0 amide bonds. The first-order valence-corrected chi connectivity index (χ1v) is 3.36. The molecule has 0 saturated carbocycles. The zero-order valence-corrected chi connectivity index (χ0v) is 5.96. The van der Waals surface area contributed by atoms with E-state index in [9.17, 15) is 0 Å². The SMILES string of the molecule is CBc1ccc(C#N)cc1. The van der Waals surface area contributed by atoms with E-state index in [1.54, 1.807) is 0 Å². The standard InChI is InChI=1S/C8H8BN/c1-9-8-4-2-7(6-10)3-5-8/h2-5,9H,1H3. The van der Waals surface area contributed by atoms with Gasteiger partial charge in [0.25, 0.3) is 0 Å². The zero-order valence-electron chi connectivity index (χ0n) is 5.96. The van der Waals surface area contributed by atoms with Crippen LogP contribution in [0.15, 0.2) is 24.3 Å². The molecule has 0 aliphatic rings. The molecule has 1 aromatic rings. The lowest BCUT2D eigenvalue weighted by atomic mass is 9.73. The summed E-state index contributed by atoms with van der Waals surface area (Å²) in [6.45, 7) is 2.10. The second kappa shape index (κ2) is 3.07. The molecule has 0 aliphatic heterocycles. The molecule has 10 heavy (non-hydrogen) atoms. The van der Waals surface area contributed by atoms with Crippen molar-refractivity contribution in [1.29, 1.82) is 5.26 Å². The Bertz CT molecular complexity index is 245. The molecular weight excluding hydrogens is 121 g/mol. The molecule has 0 saturated heterocycles. The number of nitriles is 1. The van der Waals surface area contributed by atoms with Crippen molar-refractivity contribution in [3.63, 3.8) is 0 Å². The predicted molar refractivity (Wildman–Crippen MR) is 43.8 cm³/mol. The summed E-state index contributed by atoms with van der Waals surface area (Å²) in [5.41, 5.74) is 2.01. The summed E-state index contributed by atoms with van der Waals surface area (Å²) < 4.78 is 0. The molecule has 1 nitrogen and oxygen atoms in total. The molecule has 48 valence electrons. The van der Waals surface area contributed by atoms with E-state index in [4.69, 9.17) is 5.26 Å². The lowest BCUT2D eigenvalue weighted by Gasteiger charge is -1.92. The quantitative estimate of drug-likeness (QED) is 0.511. The predicted octanol–water partition coefficient (Wildman–Crippen LogP) is 0.668. The van der Waals surface area contributed by atoms with Crippen molar-refractivity contribution in [3.8, 4) is 6.07 Å². The first-order valence-electron chi connectivity index (χ1n) is 3.36. The topological polar surface area (TPSA) is 23.8 Å². The van der Waals surface area contributed by atoms with Gasteiger partial charge in [0, 0.05) is 0 Å². The largest absolute Gasteiger partial charge is 0.192 e. The maximum absolute atomic E-state index is 8.45. The summed E-state index contributed by atoms with van der Waals surface area (Å²) in [6.07, 6.45) is 0. The van der Waals surface area contributed by atoms with Gasteiger partial charge in [0.15, 0.2) is 7.28 Å². The summed E-state index contributed by atoms with van der Waals surface area (Å²) in [4.78, 5) is 0. The van der Waals surface area contributed by atoms with E-state index in [0.717, 1.165) is 12.8 Å². The van der Waals surface area contributed by atoms with Crippen LogP contribution in [0, 0.1) is 11.3 Å². The molecule has 0 heterocycles. The molecule has 0 N–H and O–H groups in total. The molecule has 0 aliphatic carbocycles. The van der Waals surface area contributed by atoms with Crippen molar-refractivity contribution < 1.29 is 0 Å². The maximum Gasteiger partial charge on any atom is 0.154 e. The van der Waals surface area contributed by atoms with E-state index in [1.165, 1.54) is 5.46 Å². The van der Waals surface area contributed by atoms with Gasteiger partial charge in [-0.25, -0.2) is 0 Å². The van der Waals surface area contributed by atoms with E-state index < -0.39 is 0 Å². The Balaban J connectivity index is 2.93. The molecule has 0 fully saturated rings. The lowest BCUT2D eigenvalue weighted by molar-refractivity contribution is 1.49. The van der Waals surface area contributed by atoms with Crippen LogP contribution in [-0.2, 0) is 0 Å². The summed E-state index contributed by atoms with van der Waals surface area (Å²) in [5.74, 6) is 0. The Morgan fingerprint density at radius 1 is 1.30 bits per heavy atom. The number of hydrogen-bond acceptors (Lipinski definition) is 1. The first-order chi connectivity index (χ1) is 4.86. The average molecular weight is 129 g/mol. The van der Waals surface area contributed by atoms with E-state index in [2.05, 4.69) is 12.9 Å². The Morgan fingerprint density at radius 2 is 1.90 bits per heavy atom. The van der Waals surface area contributed by atoms with Crippen LogP contribution in [0.5, 0.6) is 0 Å². The average Bonchev–Trinajstić information content (AvgIpc) is 2.05. The summed E-state index contributed by atoms with van der Waals surface area (Å²) in [7, 11) is 1.03. The number of nitrogens with zero attached hydrogens (tertiary/aromatic N) is 1. The van der Waals surface area contributed by atoms with Gasteiger partial charge < -0.3 is 0 Å². The van der Waals surface area contributed by atoms with Crippen LogP contribution in [0.4, 0.5) is 0 Å². The third-order valence-electron chi connectivity index (χ3n) is 1.49. The van der Waals surface area contributed by atoms with Gasteiger partial charge in [-0.3, -0.25) is 0 Å². The Kier molecular flexibility index (Phi) is 2.12. The van der Waals surface area contributed by atoms with Crippen molar-refractivity contribution in [2.24, 2.45) is 0 Å². The molecular formula is C8H8BN. The first kappa shape index (κ1) is 6.89. The van der Waals surface area contributed by atoms with Gasteiger partial charge in [-0.15, -0.1) is 0 Å². The van der Waals surface area contributed by atoms with Crippen LogP contribution in [0.1, 0.15) is 5.56 Å². The van der Waals surface area contributed by atoms with Gasteiger partial charge >= 0.3 is 0 Å². The molecule has 0 aromatic heterocycles. The van der Waals surface area contributed by atoms with Gasteiger partial charge in [0.1, 0.15) is 0 Å². The minimum atomic E-state index is 0.734. The van der Waals surface area contributed by atoms with Crippen LogP contribution in [0.3, 0.4) is 0 Å². The zero-order chi connectivity index (χ0) is 7.40. The van der Waals surface area contributed by atoms with Crippen molar-refractivity contribution in [2.75, 3.05) is 0 Å². The van der Waals surface area contributed by atoms with Crippen molar-refractivity contribution in [2.45, 2.75) is 6.82 Å². The highest BCUT2D eigenvalue weighted by molar-refractivity contribution is 6.51. The van der Waals surface area contributed by atoms with E-state index in [-0.39, 0.29) is 0 Å². The highest BCUT2D eigenvalue weighted by atomic mass is 14.2. The molecule has 0 radical (unpaired) electrons.